The first-order valence-electron chi connectivity index (χ1n) is 9.52. The number of alkyl halides is 8. The van der Waals surface area contributed by atoms with Gasteiger partial charge in [-0.05, 0) is 6.92 Å². The lowest BCUT2D eigenvalue weighted by Gasteiger charge is -2.46. The summed E-state index contributed by atoms with van der Waals surface area (Å²) in [6, 6.07) is 0. The summed E-state index contributed by atoms with van der Waals surface area (Å²) < 4.78 is 131. The highest BCUT2D eigenvalue weighted by atomic mass is 31.2. The molecule has 0 aliphatic heterocycles. The lowest BCUT2D eigenvalue weighted by Crippen LogP contribution is -2.66. The third kappa shape index (κ3) is 5.44. The maximum atomic E-state index is 15.0. The molecule has 186 valence electrons. The maximum absolute atomic E-state index is 15.0. The second-order valence-corrected chi connectivity index (χ2v) is 9.08. The Hall–Kier alpha value is -1.14. The van der Waals surface area contributed by atoms with Crippen LogP contribution in [0.15, 0.2) is 0 Å². The van der Waals surface area contributed by atoms with Crippen molar-refractivity contribution in [1.29, 1.82) is 0 Å². The van der Waals surface area contributed by atoms with Gasteiger partial charge in [0.05, 0.1) is 6.61 Å². The van der Waals surface area contributed by atoms with Gasteiger partial charge in [-0.3, -0.25) is 4.57 Å². The van der Waals surface area contributed by atoms with Gasteiger partial charge in [0.1, 0.15) is 0 Å². The molecule has 0 saturated carbocycles. The van der Waals surface area contributed by atoms with Crippen LogP contribution in [0.3, 0.4) is 0 Å². The van der Waals surface area contributed by atoms with E-state index in [0.29, 0.717) is 0 Å². The lowest BCUT2D eigenvalue weighted by molar-refractivity contribution is -0.339. The fraction of sp³-hybridized carbons (Fsp3) is 0.938. The molecule has 1 N–H and O–H groups in total. The van der Waals surface area contributed by atoms with E-state index >= 15 is 8.78 Å². The van der Waals surface area contributed by atoms with Crippen LogP contribution in [0.5, 0.6) is 0 Å². The van der Waals surface area contributed by atoms with Gasteiger partial charge in [0.15, 0.2) is 5.78 Å². The van der Waals surface area contributed by atoms with E-state index in [2.05, 4.69) is 4.74 Å². The Balaban J connectivity index is 7.04. The minimum atomic E-state index is -6.67. The molecule has 0 fully saturated rings. The van der Waals surface area contributed by atoms with Gasteiger partial charge >= 0.3 is 30.3 Å². The summed E-state index contributed by atoms with van der Waals surface area (Å²) in [5.74, 6) is -22.7. The average Bonchev–Trinajstić information content (AvgIpc) is 2.67. The van der Waals surface area contributed by atoms with Crippen molar-refractivity contribution in [2.75, 3.05) is 32.8 Å². The normalized spacial score (nSPS) is 15.0. The first kappa shape index (κ1) is 29.9. The number of rotatable bonds is 13. The van der Waals surface area contributed by atoms with E-state index in [1.165, 1.54) is 39.9 Å². The van der Waals surface area contributed by atoms with Crippen LogP contribution in [0.2, 0.25) is 0 Å². The fourth-order valence-electron chi connectivity index (χ4n) is 2.96. The number of hydrogen-bond acceptors (Lipinski definition) is 3. The van der Waals surface area contributed by atoms with Gasteiger partial charge in [-0.2, -0.15) is 26.3 Å². The summed E-state index contributed by atoms with van der Waals surface area (Å²) in [5.41, 5.74) is 0. The summed E-state index contributed by atoms with van der Waals surface area (Å²) in [7, 11) is -5.00. The number of amides is 1. The monoisotopic (exact) mass is 493 g/mol. The van der Waals surface area contributed by atoms with Crippen molar-refractivity contribution in [1.82, 2.24) is 14.7 Å². The topological polar surface area (TPSA) is 61.9 Å². The molecule has 0 rings (SSSR count). The Labute approximate surface area is 175 Å². The Bertz CT molecular complexity index is 615. The maximum Gasteiger partial charge on any atom is 0.408 e. The van der Waals surface area contributed by atoms with Crippen LogP contribution in [0.1, 0.15) is 34.6 Å². The van der Waals surface area contributed by atoms with E-state index in [1.807, 2.05) is 0 Å². The smallest absolute Gasteiger partial charge is 0.408 e. The minimum absolute atomic E-state index is 0.266. The molecule has 0 aliphatic carbocycles. The van der Waals surface area contributed by atoms with Crippen molar-refractivity contribution in [3.63, 3.8) is 0 Å². The van der Waals surface area contributed by atoms with Crippen molar-refractivity contribution >= 4 is 13.5 Å². The molecule has 0 unspecified atom stereocenters. The largest absolute Gasteiger partial charge is 0.450 e. The number of carbonyl (C=O) groups is 1. The zero-order valence-corrected chi connectivity index (χ0v) is 18.7. The molecule has 0 radical (unpaired) electrons. The van der Waals surface area contributed by atoms with E-state index in [9.17, 15) is 35.7 Å². The summed E-state index contributed by atoms with van der Waals surface area (Å²) >= 11 is 0. The van der Waals surface area contributed by atoms with Crippen LogP contribution in [0.25, 0.3) is 0 Å². The molecular weight excluding hydrogens is 465 g/mol. The third-order valence-electron chi connectivity index (χ3n) is 4.59. The molecule has 31 heavy (non-hydrogen) atoms. The van der Waals surface area contributed by atoms with Gasteiger partial charge in [-0.25, -0.2) is 22.9 Å². The van der Waals surface area contributed by atoms with E-state index in [4.69, 9.17) is 0 Å². The molecule has 0 aromatic heterocycles. The number of nitrogens with one attached hydrogen (secondary N) is 1. The van der Waals surface area contributed by atoms with Crippen molar-refractivity contribution < 1.29 is 49.2 Å². The molecule has 0 saturated heterocycles. The average molecular weight is 493 g/mol. The standard InChI is InChI=1S/C16H28F8N3O3P/c1-6-26(7-2)31(29,27(8-3)9-4)12(25-13(28)30-10-5)15(21,22)16(23,24)14(19,20)11(17)18/h11-12H,6-10H2,1-5H3,(H,25,28)/t12-/m0/s1. The predicted molar refractivity (Wildman–Crippen MR) is 98.2 cm³/mol. The zero-order chi connectivity index (χ0) is 24.8. The van der Waals surface area contributed by atoms with E-state index < -0.39 is 50.1 Å². The van der Waals surface area contributed by atoms with E-state index in [0.717, 1.165) is 9.34 Å². The highest BCUT2D eigenvalue weighted by Crippen LogP contribution is 2.64. The Morgan fingerprint density at radius 1 is 0.871 bits per heavy atom. The molecule has 0 heterocycles. The highest BCUT2D eigenvalue weighted by molar-refractivity contribution is 7.60. The van der Waals surface area contributed by atoms with Gasteiger partial charge in [0.2, 0.25) is 7.44 Å². The second kappa shape index (κ2) is 11.1. The van der Waals surface area contributed by atoms with Crippen LogP contribution >= 0.6 is 7.44 Å². The molecule has 6 nitrogen and oxygen atoms in total. The van der Waals surface area contributed by atoms with Gasteiger partial charge in [-0.15, -0.1) is 0 Å². The van der Waals surface area contributed by atoms with Crippen LogP contribution in [0.4, 0.5) is 39.9 Å². The summed E-state index contributed by atoms with van der Waals surface area (Å²) in [6.07, 6.45) is -6.90. The Morgan fingerprint density at radius 2 is 1.26 bits per heavy atom. The highest BCUT2D eigenvalue weighted by Gasteiger charge is 2.80. The van der Waals surface area contributed by atoms with Gasteiger partial charge in [0.25, 0.3) is 0 Å². The van der Waals surface area contributed by atoms with Crippen LogP contribution in [0, 0.1) is 0 Å². The molecule has 0 aliphatic rings. The molecule has 1 amide bonds. The van der Waals surface area contributed by atoms with Crippen molar-refractivity contribution in [3.05, 3.63) is 0 Å². The van der Waals surface area contributed by atoms with Crippen LogP contribution in [-0.2, 0) is 9.30 Å². The van der Waals surface area contributed by atoms with E-state index in [-0.39, 0.29) is 26.2 Å². The van der Waals surface area contributed by atoms with Crippen molar-refractivity contribution in [3.8, 4) is 0 Å². The fourth-order valence-corrected chi connectivity index (χ4v) is 6.45. The summed E-state index contributed by atoms with van der Waals surface area (Å²) in [4.78, 5) is 11.9. The summed E-state index contributed by atoms with van der Waals surface area (Å²) in [6.45, 7) is 5.11. The molecular formula is C16H28F8N3O3P. The number of nitrogens with zero attached hydrogens (tertiary/aromatic N) is 2. The Morgan fingerprint density at radius 3 is 1.55 bits per heavy atom. The number of alkyl carbamates (subject to hydrolysis) is 1. The third-order valence-corrected chi connectivity index (χ3v) is 8.47. The number of carbonyl (C=O) groups excluding carboxylic acids is 1. The molecule has 0 spiro atoms. The number of ether oxygens (including phenoxy) is 1. The zero-order valence-electron chi connectivity index (χ0n) is 17.8. The van der Waals surface area contributed by atoms with Crippen LogP contribution in [-0.4, -0.2) is 78.2 Å². The van der Waals surface area contributed by atoms with Crippen molar-refractivity contribution in [2.45, 2.75) is 64.6 Å². The lowest BCUT2D eigenvalue weighted by atomic mass is 10.0. The number of halogens is 8. The molecule has 0 aromatic rings. The van der Waals surface area contributed by atoms with Gasteiger partial charge < -0.3 is 10.1 Å². The summed E-state index contributed by atoms with van der Waals surface area (Å²) in [5, 5.41) is 1.30. The SMILES string of the molecule is CCOC(=O)N[C@H](C(F)(F)C(F)(F)C(F)(F)C(F)F)P(=O)(N(CC)CC)N(CC)CC. The predicted octanol–water partition coefficient (Wildman–Crippen LogP) is 5.11. The van der Waals surface area contributed by atoms with Crippen molar-refractivity contribution in [2.24, 2.45) is 0 Å². The second-order valence-electron chi connectivity index (χ2n) is 6.26. The first-order valence-corrected chi connectivity index (χ1v) is 11.2. The quantitative estimate of drug-likeness (QED) is 0.286. The van der Waals surface area contributed by atoms with Gasteiger partial charge in [-0.1, -0.05) is 27.7 Å². The molecule has 0 bridgehead atoms. The minimum Gasteiger partial charge on any atom is -0.450 e. The number of hydrogen-bond donors (Lipinski definition) is 1. The Kier molecular flexibility index (Phi) is 10.7. The van der Waals surface area contributed by atoms with Crippen LogP contribution < -0.4 is 5.32 Å². The first-order chi connectivity index (χ1) is 14.1. The molecule has 0 aromatic carbocycles. The molecule has 15 heteroatoms. The van der Waals surface area contributed by atoms with Gasteiger partial charge in [0, 0.05) is 26.2 Å². The van der Waals surface area contributed by atoms with E-state index in [1.54, 1.807) is 0 Å². The molecule has 1 atom stereocenters.